The van der Waals surface area contributed by atoms with Crippen LogP contribution >= 0.6 is 0 Å². The van der Waals surface area contributed by atoms with Crippen molar-refractivity contribution in [2.45, 2.75) is 45.2 Å². The fourth-order valence-corrected chi connectivity index (χ4v) is 2.10. The van der Waals surface area contributed by atoms with Crippen LogP contribution in [0.3, 0.4) is 0 Å². The number of carbonyl (C=O) groups is 1. The molecule has 4 heteroatoms. The van der Waals surface area contributed by atoms with Gasteiger partial charge in [-0.3, -0.25) is 4.79 Å². The molecule has 1 saturated heterocycles. The quantitative estimate of drug-likeness (QED) is 0.771. The molecule has 0 saturated carbocycles. The number of amides is 1. The van der Waals surface area contributed by atoms with Gasteiger partial charge in [-0.15, -0.1) is 0 Å². The van der Waals surface area contributed by atoms with Crippen molar-refractivity contribution in [1.29, 1.82) is 0 Å². The number of nitrogens with two attached hydrogens (primary N) is 1. The summed E-state index contributed by atoms with van der Waals surface area (Å²) in [6.45, 7) is 8.67. The van der Waals surface area contributed by atoms with Crippen LogP contribution < -0.4 is 5.73 Å². The molecule has 16 heavy (non-hydrogen) atoms. The van der Waals surface area contributed by atoms with Crippen molar-refractivity contribution in [3.8, 4) is 0 Å². The van der Waals surface area contributed by atoms with E-state index < -0.39 is 5.54 Å². The number of nitrogens with zero attached hydrogens (tertiary/aromatic N) is 2. The van der Waals surface area contributed by atoms with Gasteiger partial charge in [0.05, 0.1) is 5.54 Å². The minimum Gasteiger partial charge on any atom is -0.338 e. The summed E-state index contributed by atoms with van der Waals surface area (Å²) in [5.74, 6) is 0.123. The Bertz CT molecular complexity index is 251. The zero-order chi connectivity index (χ0) is 12.3. The van der Waals surface area contributed by atoms with Crippen molar-refractivity contribution >= 4 is 5.91 Å². The molecule has 94 valence electrons. The van der Waals surface area contributed by atoms with E-state index in [2.05, 4.69) is 18.9 Å². The highest BCUT2D eigenvalue weighted by Gasteiger charge is 2.36. The molecule has 1 heterocycles. The van der Waals surface area contributed by atoms with Crippen LogP contribution in [-0.4, -0.2) is 54.0 Å². The van der Waals surface area contributed by atoms with Gasteiger partial charge in [0.1, 0.15) is 0 Å². The molecule has 2 N–H and O–H groups in total. The van der Waals surface area contributed by atoms with Gasteiger partial charge >= 0.3 is 0 Å². The van der Waals surface area contributed by atoms with Gasteiger partial charge in [-0.25, -0.2) is 0 Å². The molecule has 1 aliphatic rings. The Kier molecular flexibility index (Phi) is 4.33. The summed E-state index contributed by atoms with van der Waals surface area (Å²) < 4.78 is 0. The fourth-order valence-electron chi connectivity index (χ4n) is 2.10. The predicted octanol–water partition coefficient (Wildman–Crippen LogP) is 0.666. The van der Waals surface area contributed by atoms with Crippen LogP contribution in [0.1, 0.15) is 33.6 Å². The lowest BCUT2D eigenvalue weighted by atomic mass is 9.92. The normalized spacial score (nSPS) is 23.6. The first-order chi connectivity index (χ1) is 7.44. The van der Waals surface area contributed by atoms with E-state index in [9.17, 15) is 4.79 Å². The zero-order valence-electron chi connectivity index (χ0n) is 11.0. The maximum Gasteiger partial charge on any atom is 0.242 e. The molecule has 0 aromatic rings. The van der Waals surface area contributed by atoms with E-state index in [4.69, 9.17) is 5.73 Å². The number of hydrogen-bond donors (Lipinski definition) is 1. The molecule has 4 nitrogen and oxygen atoms in total. The molecule has 1 rings (SSSR count). The predicted molar refractivity (Wildman–Crippen MR) is 66.2 cm³/mol. The Labute approximate surface area is 98.8 Å². The van der Waals surface area contributed by atoms with Crippen molar-refractivity contribution in [2.24, 2.45) is 5.73 Å². The van der Waals surface area contributed by atoms with E-state index in [-0.39, 0.29) is 5.91 Å². The molecule has 0 radical (unpaired) electrons. The Balaban J connectivity index is 2.68. The summed E-state index contributed by atoms with van der Waals surface area (Å²) in [6, 6.07) is 0.427. The van der Waals surface area contributed by atoms with Crippen molar-refractivity contribution in [2.75, 3.05) is 26.7 Å². The average Bonchev–Trinajstić information content (AvgIpc) is 2.30. The number of rotatable bonds is 3. The smallest absolute Gasteiger partial charge is 0.242 e. The second-order valence-corrected chi connectivity index (χ2v) is 4.94. The standard InChI is InChI=1S/C12H25N3O/c1-5-12(13,6-2)11(16)15-8-7-14(4)10(3)9-15/h10H,5-9,13H2,1-4H3. The van der Waals surface area contributed by atoms with Gasteiger partial charge in [0.2, 0.25) is 5.91 Å². The first-order valence-corrected chi connectivity index (χ1v) is 6.23. The number of carbonyl (C=O) groups excluding carboxylic acids is 1. The number of hydrogen-bond acceptors (Lipinski definition) is 3. The van der Waals surface area contributed by atoms with E-state index in [1.807, 2.05) is 18.7 Å². The van der Waals surface area contributed by atoms with Crippen LogP contribution in [0, 0.1) is 0 Å². The number of piperazine rings is 1. The van der Waals surface area contributed by atoms with Gasteiger partial charge in [-0.05, 0) is 26.8 Å². The molecule has 1 fully saturated rings. The molecule has 1 atom stereocenters. The molecule has 1 aliphatic heterocycles. The zero-order valence-corrected chi connectivity index (χ0v) is 11.0. The topological polar surface area (TPSA) is 49.6 Å². The molecule has 0 spiro atoms. The van der Waals surface area contributed by atoms with Gasteiger partial charge in [-0.2, -0.15) is 0 Å². The summed E-state index contributed by atoms with van der Waals surface area (Å²) in [4.78, 5) is 16.5. The summed E-state index contributed by atoms with van der Waals surface area (Å²) in [5.41, 5.74) is 5.49. The second kappa shape index (κ2) is 5.15. The Hall–Kier alpha value is -0.610. The highest BCUT2D eigenvalue weighted by molar-refractivity contribution is 5.86. The molecule has 0 aromatic carbocycles. The molecular weight excluding hydrogens is 202 g/mol. The Morgan fingerprint density at radius 3 is 2.38 bits per heavy atom. The van der Waals surface area contributed by atoms with Gasteiger partial charge in [0.15, 0.2) is 0 Å². The van der Waals surface area contributed by atoms with Crippen molar-refractivity contribution in [3.05, 3.63) is 0 Å². The summed E-state index contributed by atoms with van der Waals surface area (Å²) >= 11 is 0. The second-order valence-electron chi connectivity index (χ2n) is 4.94. The lowest BCUT2D eigenvalue weighted by molar-refractivity contribution is -0.140. The third-order valence-corrected chi connectivity index (χ3v) is 3.93. The third-order valence-electron chi connectivity index (χ3n) is 3.93. The van der Waals surface area contributed by atoms with Gasteiger partial charge in [0.25, 0.3) is 0 Å². The lowest BCUT2D eigenvalue weighted by Gasteiger charge is -2.41. The van der Waals surface area contributed by atoms with Gasteiger partial charge < -0.3 is 15.5 Å². The molecule has 0 aliphatic carbocycles. The largest absolute Gasteiger partial charge is 0.338 e. The first kappa shape index (κ1) is 13.5. The molecule has 0 aromatic heterocycles. The summed E-state index contributed by atoms with van der Waals surface area (Å²) in [7, 11) is 2.10. The maximum absolute atomic E-state index is 12.3. The van der Waals surface area contributed by atoms with E-state index in [1.54, 1.807) is 0 Å². The van der Waals surface area contributed by atoms with Crippen LogP contribution in [0.15, 0.2) is 0 Å². The summed E-state index contributed by atoms with van der Waals surface area (Å²) in [5, 5.41) is 0. The SMILES string of the molecule is CCC(N)(CC)C(=O)N1CCN(C)C(C)C1. The van der Waals surface area contributed by atoms with Crippen molar-refractivity contribution in [1.82, 2.24) is 9.80 Å². The van der Waals surface area contributed by atoms with Crippen LogP contribution in [0.5, 0.6) is 0 Å². The summed E-state index contributed by atoms with van der Waals surface area (Å²) in [6.07, 6.45) is 1.42. The molecule has 1 amide bonds. The minimum atomic E-state index is -0.657. The highest BCUT2D eigenvalue weighted by atomic mass is 16.2. The first-order valence-electron chi connectivity index (χ1n) is 6.23. The number of likely N-dealkylation sites (N-methyl/N-ethyl adjacent to an activating group) is 1. The highest BCUT2D eigenvalue weighted by Crippen LogP contribution is 2.18. The molecule has 0 bridgehead atoms. The molecule has 1 unspecified atom stereocenters. The van der Waals surface area contributed by atoms with E-state index in [1.165, 1.54) is 0 Å². The average molecular weight is 227 g/mol. The van der Waals surface area contributed by atoms with Gasteiger partial charge in [-0.1, -0.05) is 13.8 Å². The molecular formula is C12H25N3O. The van der Waals surface area contributed by atoms with Crippen LogP contribution in [-0.2, 0) is 4.79 Å². The lowest BCUT2D eigenvalue weighted by Crippen LogP contribution is -2.60. The van der Waals surface area contributed by atoms with Crippen molar-refractivity contribution in [3.63, 3.8) is 0 Å². The van der Waals surface area contributed by atoms with Crippen LogP contribution in [0.4, 0.5) is 0 Å². The maximum atomic E-state index is 12.3. The fraction of sp³-hybridized carbons (Fsp3) is 0.917. The van der Waals surface area contributed by atoms with E-state index >= 15 is 0 Å². The monoisotopic (exact) mass is 227 g/mol. The van der Waals surface area contributed by atoms with Crippen LogP contribution in [0.2, 0.25) is 0 Å². The Morgan fingerprint density at radius 1 is 1.38 bits per heavy atom. The minimum absolute atomic E-state index is 0.123. The van der Waals surface area contributed by atoms with Crippen LogP contribution in [0.25, 0.3) is 0 Å². The Morgan fingerprint density at radius 2 is 1.94 bits per heavy atom. The van der Waals surface area contributed by atoms with Gasteiger partial charge in [0, 0.05) is 25.7 Å². The van der Waals surface area contributed by atoms with E-state index in [0.29, 0.717) is 18.9 Å². The third kappa shape index (κ3) is 2.55. The van der Waals surface area contributed by atoms with Crippen molar-refractivity contribution < 1.29 is 4.79 Å². The van der Waals surface area contributed by atoms with E-state index in [0.717, 1.165) is 19.6 Å².